The van der Waals surface area contributed by atoms with Gasteiger partial charge >= 0.3 is 32.4 Å². The zero-order valence-corrected chi connectivity index (χ0v) is 29.3. The van der Waals surface area contributed by atoms with Gasteiger partial charge in [-0.3, -0.25) is 19.2 Å². The summed E-state index contributed by atoms with van der Waals surface area (Å²) in [4.78, 5) is 57.5. The van der Waals surface area contributed by atoms with E-state index >= 15 is 0 Å². The average molecular weight is 685 g/mol. The normalized spacial score (nSPS) is 14.1. The van der Waals surface area contributed by atoms with Crippen LogP contribution < -0.4 is 0 Å². The molecule has 0 amide bonds. The van der Waals surface area contributed by atoms with Gasteiger partial charge in [-0.25, -0.2) is 4.79 Å². The summed E-state index contributed by atoms with van der Waals surface area (Å²) in [6.45, 7) is 13.8. The maximum absolute atomic E-state index is 11.9. The maximum Gasteiger partial charge on any atom is 0.337 e. The largest absolute Gasteiger partial charge is 0.510 e. The SMILES string of the molecule is C=C(O)C(CC(=O)O)(CC(=O)O)OCCC[Si](C)(C)O[Si](C)(C)O[Si](C)(C)CCCOC(CC(=O)O)(CC(=O)CO)C(=O)O. The van der Waals surface area contributed by atoms with Crippen molar-refractivity contribution in [3.05, 3.63) is 12.3 Å². The first-order valence-electron chi connectivity index (χ1n) is 14.0. The lowest BCUT2D eigenvalue weighted by molar-refractivity contribution is -0.175. The smallest absolute Gasteiger partial charge is 0.337 e. The van der Waals surface area contributed by atoms with Crippen LogP contribution in [0.4, 0.5) is 0 Å². The number of carboxylic acids is 4. The Morgan fingerprint density at radius 3 is 1.32 bits per heavy atom. The highest BCUT2D eigenvalue weighted by atomic mass is 28.5. The van der Waals surface area contributed by atoms with Crippen LogP contribution in [0, 0.1) is 0 Å². The number of carboxylic acid groups (broad SMARTS) is 4. The summed E-state index contributed by atoms with van der Waals surface area (Å²) in [7, 11) is -7.49. The first-order valence-corrected chi connectivity index (χ1v) is 23.0. The number of carbonyl (C=O) groups is 5. The van der Waals surface area contributed by atoms with Crippen LogP contribution in [0.25, 0.3) is 0 Å². The number of rotatable bonds is 25. The first kappa shape index (κ1) is 41.5. The Morgan fingerprint density at radius 2 is 1.00 bits per heavy atom. The molecule has 0 aromatic rings. The number of aliphatic hydroxyl groups is 2. The summed E-state index contributed by atoms with van der Waals surface area (Å²) >= 11 is 0. The van der Waals surface area contributed by atoms with Gasteiger partial charge in [-0.15, -0.1) is 0 Å². The van der Waals surface area contributed by atoms with Crippen molar-refractivity contribution in [2.24, 2.45) is 0 Å². The number of ketones is 1. The van der Waals surface area contributed by atoms with Gasteiger partial charge in [0.05, 0.1) is 19.3 Å². The van der Waals surface area contributed by atoms with Crippen LogP contribution in [0.2, 0.25) is 51.4 Å². The lowest BCUT2D eigenvalue weighted by atomic mass is 9.93. The summed E-state index contributed by atoms with van der Waals surface area (Å²) in [5.41, 5.74) is -4.24. The lowest BCUT2D eigenvalue weighted by Gasteiger charge is -2.39. The maximum atomic E-state index is 11.9. The molecule has 0 saturated heterocycles. The molecule has 0 aliphatic carbocycles. The fourth-order valence-electron chi connectivity index (χ4n) is 4.92. The summed E-state index contributed by atoms with van der Waals surface area (Å²) in [6.07, 6.45) is -2.52. The second-order valence-electron chi connectivity index (χ2n) is 12.4. The van der Waals surface area contributed by atoms with Crippen LogP contribution in [0.5, 0.6) is 0 Å². The van der Waals surface area contributed by atoms with Crippen molar-refractivity contribution in [2.75, 3.05) is 19.8 Å². The van der Waals surface area contributed by atoms with Crippen LogP contribution >= 0.6 is 0 Å². The highest BCUT2D eigenvalue weighted by Gasteiger charge is 2.45. The Kier molecular flexibility index (Phi) is 16.3. The molecule has 1 unspecified atom stereocenters. The predicted molar refractivity (Wildman–Crippen MR) is 164 cm³/mol. The third kappa shape index (κ3) is 15.5. The molecule has 254 valence electrons. The van der Waals surface area contributed by atoms with Crippen molar-refractivity contribution < 1.29 is 72.3 Å². The second kappa shape index (κ2) is 17.3. The Bertz CT molecular complexity index is 1030. The van der Waals surface area contributed by atoms with E-state index in [1.807, 2.05) is 39.3 Å². The summed E-state index contributed by atoms with van der Waals surface area (Å²) in [6, 6.07) is 1.07. The molecule has 0 spiro atoms. The van der Waals surface area contributed by atoms with E-state index in [2.05, 4.69) is 6.58 Å². The molecule has 0 heterocycles. The van der Waals surface area contributed by atoms with Crippen LogP contribution in [0.1, 0.15) is 38.5 Å². The monoisotopic (exact) mass is 684 g/mol. The minimum absolute atomic E-state index is 0.0351. The first-order chi connectivity index (χ1) is 19.9. The van der Waals surface area contributed by atoms with Crippen LogP contribution in [0.15, 0.2) is 12.3 Å². The van der Waals surface area contributed by atoms with Gasteiger partial charge in [0.2, 0.25) is 0 Å². The van der Waals surface area contributed by atoms with Crippen LogP contribution in [-0.4, -0.2) is 117 Å². The summed E-state index contributed by atoms with van der Waals surface area (Å²) in [5, 5.41) is 56.2. The number of carbonyl (C=O) groups excluding carboxylic acids is 1. The standard InChI is InChI=1S/C26H48O15Si3/c1-19(28)25(15-21(30)31,16-22(32)33)38-10-8-12-42(2,3)40-44(6,7)41-43(4,5)13-9-11-39-26(24(36)37,17-23(34)35)14-20(29)18-27/h27-28H,1,8-18H2,2-7H3,(H,30,31)(H,32,33)(H,34,35)(H,36,37). The Labute approximate surface area is 260 Å². The zero-order chi connectivity index (χ0) is 34.6. The minimum Gasteiger partial charge on any atom is -0.510 e. The molecule has 1 atom stereocenters. The predicted octanol–water partition coefficient (Wildman–Crippen LogP) is 2.95. The number of aliphatic carboxylic acids is 4. The molecule has 44 heavy (non-hydrogen) atoms. The number of hydrogen-bond acceptors (Lipinski definition) is 11. The van der Waals surface area contributed by atoms with Crippen molar-refractivity contribution >= 4 is 54.9 Å². The van der Waals surface area contributed by atoms with E-state index in [0.717, 1.165) is 0 Å². The number of aliphatic hydroxyl groups excluding tert-OH is 2. The van der Waals surface area contributed by atoms with Crippen molar-refractivity contribution in [1.82, 2.24) is 0 Å². The average Bonchev–Trinajstić information content (AvgIpc) is 2.81. The molecule has 0 aromatic heterocycles. The highest BCUT2D eigenvalue weighted by Crippen LogP contribution is 2.30. The molecule has 0 rings (SSSR count). The molecular weight excluding hydrogens is 637 g/mol. The van der Waals surface area contributed by atoms with E-state index in [0.29, 0.717) is 24.9 Å². The van der Waals surface area contributed by atoms with Crippen molar-refractivity contribution in [2.45, 2.75) is 101 Å². The minimum atomic E-state index is -2.71. The van der Waals surface area contributed by atoms with Gasteiger partial charge in [0, 0.05) is 19.6 Å². The summed E-state index contributed by atoms with van der Waals surface area (Å²) in [5.74, 6) is -7.29. The third-order valence-electron chi connectivity index (χ3n) is 6.53. The molecule has 0 aliphatic heterocycles. The number of hydrogen-bond donors (Lipinski definition) is 6. The molecule has 0 fully saturated rings. The second-order valence-corrected chi connectivity index (χ2v) is 24.8. The van der Waals surface area contributed by atoms with Crippen LogP contribution in [0.3, 0.4) is 0 Å². The fraction of sp³-hybridized carbons (Fsp3) is 0.731. The Balaban J connectivity index is 5.18. The van der Waals surface area contributed by atoms with E-state index < -0.39 is 104 Å². The molecule has 0 saturated carbocycles. The molecular formula is C26H48O15Si3. The van der Waals surface area contributed by atoms with E-state index in [9.17, 15) is 49.5 Å². The molecule has 0 aliphatic rings. The van der Waals surface area contributed by atoms with E-state index in [4.69, 9.17) is 22.8 Å². The van der Waals surface area contributed by atoms with E-state index in [1.165, 1.54) is 0 Å². The topological polar surface area (TPSA) is 244 Å². The van der Waals surface area contributed by atoms with E-state index in [1.54, 1.807) is 0 Å². The molecule has 0 aromatic carbocycles. The Hall–Kier alpha value is -2.46. The number of ether oxygens (including phenoxy) is 2. The van der Waals surface area contributed by atoms with Gasteiger partial charge in [0.1, 0.15) is 18.0 Å². The lowest BCUT2D eigenvalue weighted by Crippen LogP contribution is -2.52. The molecule has 0 bridgehead atoms. The quantitative estimate of drug-likeness (QED) is 0.0460. The van der Waals surface area contributed by atoms with E-state index in [-0.39, 0.29) is 13.2 Å². The molecule has 6 N–H and O–H groups in total. The van der Waals surface area contributed by atoms with Crippen molar-refractivity contribution in [1.29, 1.82) is 0 Å². The number of Topliss-reactive ketones (excluding diaryl/α,β-unsaturated/α-hetero) is 1. The third-order valence-corrected chi connectivity index (χ3v) is 18.0. The van der Waals surface area contributed by atoms with Gasteiger partial charge < -0.3 is 48.3 Å². The summed E-state index contributed by atoms with van der Waals surface area (Å²) < 4.78 is 24.1. The molecule has 0 radical (unpaired) electrons. The van der Waals surface area contributed by atoms with Gasteiger partial charge in [-0.05, 0) is 64.2 Å². The van der Waals surface area contributed by atoms with Crippen LogP contribution in [-0.2, 0) is 41.7 Å². The zero-order valence-electron chi connectivity index (χ0n) is 26.3. The van der Waals surface area contributed by atoms with Gasteiger partial charge in [0.15, 0.2) is 28.0 Å². The molecule has 15 nitrogen and oxygen atoms in total. The van der Waals surface area contributed by atoms with Gasteiger partial charge in [-0.1, -0.05) is 6.58 Å². The fourth-order valence-corrected chi connectivity index (χ4v) is 18.9. The van der Waals surface area contributed by atoms with Crippen molar-refractivity contribution in [3.63, 3.8) is 0 Å². The van der Waals surface area contributed by atoms with Gasteiger partial charge in [0.25, 0.3) is 0 Å². The Morgan fingerprint density at radius 1 is 0.636 bits per heavy atom. The van der Waals surface area contributed by atoms with Crippen molar-refractivity contribution in [3.8, 4) is 0 Å². The molecule has 18 heteroatoms. The van der Waals surface area contributed by atoms with Gasteiger partial charge in [-0.2, -0.15) is 0 Å². The highest BCUT2D eigenvalue weighted by molar-refractivity contribution is 6.87.